The first-order valence-corrected chi connectivity index (χ1v) is 9.27. The molecule has 5 nitrogen and oxygen atoms in total. The van der Waals surface area contributed by atoms with Crippen LogP contribution in [0.3, 0.4) is 0 Å². The Morgan fingerprint density at radius 2 is 2.25 bits per heavy atom. The third-order valence-corrected chi connectivity index (χ3v) is 5.34. The summed E-state index contributed by atoms with van der Waals surface area (Å²) in [5.74, 6) is 0.133. The third kappa shape index (κ3) is 4.19. The summed E-state index contributed by atoms with van der Waals surface area (Å²) in [6, 6.07) is 8.19. The number of anilines is 1. The zero-order chi connectivity index (χ0) is 16.9. The molecule has 0 saturated carbocycles. The lowest BCUT2D eigenvalue weighted by Crippen LogP contribution is -2.39. The highest BCUT2D eigenvalue weighted by atomic mass is 32.2. The largest absolute Gasteiger partial charge is 0.310 e. The van der Waals surface area contributed by atoms with E-state index in [0.29, 0.717) is 11.8 Å². The average molecular weight is 344 g/mol. The normalized spacial score (nSPS) is 17.4. The summed E-state index contributed by atoms with van der Waals surface area (Å²) in [6.45, 7) is 6.88. The lowest BCUT2D eigenvalue weighted by molar-refractivity contribution is -0.117. The first-order chi connectivity index (χ1) is 11.6. The van der Waals surface area contributed by atoms with Crippen molar-refractivity contribution in [3.05, 3.63) is 42.2 Å². The number of rotatable bonds is 5. The van der Waals surface area contributed by atoms with Gasteiger partial charge in [-0.15, -0.1) is 11.8 Å². The molecule has 0 saturated heterocycles. The molecule has 128 valence electrons. The van der Waals surface area contributed by atoms with Gasteiger partial charge in [-0.05, 0) is 31.0 Å². The highest BCUT2D eigenvalue weighted by Crippen LogP contribution is 2.37. The van der Waals surface area contributed by atoms with E-state index in [-0.39, 0.29) is 5.91 Å². The Morgan fingerprint density at radius 1 is 1.42 bits per heavy atom. The Bertz CT molecular complexity index is 700. The zero-order valence-electron chi connectivity index (χ0n) is 14.2. The van der Waals surface area contributed by atoms with Crippen LogP contribution < -0.4 is 10.2 Å². The van der Waals surface area contributed by atoms with Crippen molar-refractivity contribution in [1.29, 1.82) is 0 Å². The predicted octanol–water partition coefficient (Wildman–Crippen LogP) is 2.70. The summed E-state index contributed by atoms with van der Waals surface area (Å²) >= 11 is 1.86. The van der Waals surface area contributed by atoms with Crippen LogP contribution in [0, 0.1) is 6.92 Å². The van der Waals surface area contributed by atoms with Crippen molar-refractivity contribution in [1.82, 2.24) is 15.1 Å². The van der Waals surface area contributed by atoms with Gasteiger partial charge in [-0.1, -0.05) is 19.1 Å². The molecule has 1 aromatic carbocycles. The van der Waals surface area contributed by atoms with Gasteiger partial charge in [-0.25, -0.2) is 0 Å². The van der Waals surface area contributed by atoms with Crippen molar-refractivity contribution in [2.75, 3.05) is 24.5 Å². The molecular formula is C18H24N4OS. The van der Waals surface area contributed by atoms with Crippen molar-refractivity contribution in [3.63, 3.8) is 0 Å². The summed E-state index contributed by atoms with van der Waals surface area (Å²) in [5, 5.41) is 8.02. The molecule has 1 amide bonds. The maximum Gasteiger partial charge on any atom is 0.240 e. The minimum atomic E-state index is 0.133. The van der Waals surface area contributed by atoms with E-state index in [0.717, 1.165) is 37.3 Å². The molecule has 0 spiro atoms. The number of hydrogen-bond donors (Lipinski definition) is 1. The number of carbonyl (C=O) groups is 1. The molecule has 3 rings (SSSR count). The molecular weight excluding hydrogens is 320 g/mol. The second kappa shape index (κ2) is 7.85. The van der Waals surface area contributed by atoms with Gasteiger partial charge in [-0.2, -0.15) is 5.10 Å². The molecule has 1 atom stereocenters. The number of benzene rings is 1. The Morgan fingerprint density at radius 3 is 3.04 bits per heavy atom. The average Bonchev–Trinajstić information content (AvgIpc) is 2.90. The van der Waals surface area contributed by atoms with Crippen LogP contribution in [0.25, 0.3) is 0 Å². The molecule has 6 heteroatoms. The van der Waals surface area contributed by atoms with E-state index in [1.165, 1.54) is 4.90 Å². The molecule has 0 aliphatic carbocycles. The molecule has 24 heavy (non-hydrogen) atoms. The second-order valence-electron chi connectivity index (χ2n) is 6.19. The van der Waals surface area contributed by atoms with Gasteiger partial charge in [0, 0.05) is 29.4 Å². The van der Waals surface area contributed by atoms with Crippen LogP contribution in [0.15, 0.2) is 41.6 Å². The van der Waals surface area contributed by atoms with E-state index in [4.69, 9.17) is 0 Å². The topological polar surface area (TPSA) is 50.2 Å². The number of aryl methyl sites for hydroxylation is 1. The van der Waals surface area contributed by atoms with Gasteiger partial charge >= 0.3 is 0 Å². The number of carbonyl (C=O) groups excluding carboxylic acids is 1. The fourth-order valence-corrected chi connectivity index (χ4v) is 3.93. The van der Waals surface area contributed by atoms with Crippen LogP contribution in [0.2, 0.25) is 0 Å². The maximum atomic E-state index is 12.7. The first-order valence-electron chi connectivity index (χ1n) is 8.39. The fraction of sp³-hybridized carbons (Fsp3) is 0.444. The van der Waals surface area contributed by atoms with Gasteiger partial charge in [0.05, 0.1) is 25.0 Å². The van der Waals surface area contributed by atoms with E-state index in [1.54, 1.807) is 0 Å². The summed E-state index contributed by atoms with van der Waals surface area (Å²) in [4.78, 5) is 15.8. The molecule has 0 radical (unpaired) electrons. The van der Waals surface area contributed by atoms with Gasteiger partial charge in [-0.3, -0.25) is 9.48 Å². The van der Waals surface area contributed by atoms with E-state index in [2.05, 4.69) is 23.4 Å². The molecule has 1 aliphatic heterocycles. The van der Waals surface area contributed by atoms with Gasteiger partial charge in [0.2, 0.25) is 5.91 Å². The number of nitrogens with zero attached hydrogens (tertiary/aromatic N) is 3. The maximum absolute atomic E-state index is 12.7. The van der Waals surface area contributed by atoms with Crippen LogP contribution in [-0.2, 0) is 11.3 Å². The van der Waals surface area contributed by atoms with Crippen LogP contribution in [-0.4, -0.2) is 40.6 Å². The number of amides is 1. The molecule has 0 unspecified atom stereocenters. The van der Waals surface area contributed by atoms with Crippen LogP contribution >= 0.6 is 11.8 Å². The SMILES string of the molecule is Cc1cnn(CCNCC(=O)N2CC[C@@H](C)Sc3ccccc32)c1. The number of hydrogen-bond acceptors (Lipinski definition) is 4. The van der Waals surface area contributed by atoms with Gasteiger partial charge in [0.15, 0.2) is 0 Å². The molecule has 0 fully saturated rings. The Labute approximate surface area is 147 Å². The van der Waals surface area contributed by atoms with Crippen molar-refractivity contribution in [2.24, 2.45) is 0 Å². The van der Waals surface area contributed by atoms with Crippen molar-refractivity contribution in [2.45, 2.75) is 37.0 Å². The lowest BCUT2D eigenvalue weighted by atomic mass is 10.2. The van der Waals surface area contributed by atoms with Crippen molar-refractivity contribution < 1.29 is 4.79 Å². The first kappa shape index (κ1) is 17.0. The minimum Gasteiger partial charge on any atom is -0.310 e. The highest BCUT2D eigenvalue weighted by Gasteiger charge is 2.23. The van der Waals surface area contributed by atoms with Crippen LogP contribution in [0.1, 0.15) is 18.9 Å². The van der Waals surface area contributed by atoms with Crippen molar-refractivity contribution in [3.8, 4) is 0 Å². The fourth-order valence-electron chi connectivity index (χ4n) is 2.82. The molecule has 1 aromatic heterocycles. The number of nitrogens with one attached hydrogen (secondary N) is 1. The van der Waals surface area contributed by atoms with Gasteiger partial charge in [0.1, 0.15) is 0 Å². The third-order valence-electron chi connectivity index (χ3n) is 4.10. The van der Waals surface area contributed by atoms with Crippen molar-refractivity contribution >= 4 is 23.4 Å². The molecule has 0 bridgehead atoms. The highest BCUT2D eigenvalue weighted by molar-refractivity contribution is 8.00. The number of aromatic nitrogens is 2. The van der Waals surface area contributed by atoms with E-state index in [1.807, 2.05) is 58.9 Å². The lowest BCUT2D eigenvalue weighted by Gasteiger charge is -2.22. The summed E-state index contributed by atoms with van der Waals surface area (Å²) < 4.78 is 1.90. The Hall–Kier alpha value is -1.79. The van der Waals surface area contributed by atoms with E-state index < -0.39 is 0 Å². The zero-order valence-corrected chi connectivity index (χ0v) is 15.1. The summed E-state index contributed by atoms with van der Waals surface area (Å²) in [7, 11) is 0. The summed E-state index contributed by atoms with van der Waals surface area (Å²) in [5.41, 5.74) is 2.19. The molecule has 2 aromatic rings. The predicted molar refractivity (Wildman–Crippen MR) is 98.6 cm³/mol. The van der Waals surface area contributed by atoms with Crippen LogP contribution in [0.4, 0.5) is 5.69 Å². The van der Waals surface area contributed by atoms with E-state index >= 15 is 0 Å². The summed E-state index contributed by atoms with van der Waals surface area (Å²) in [6.07, 6.45) is 4.86. The molecule has 1 aliphatic rings. The second-order valence-corrected chi connectivity index (χ2v) is 7.67. The van der Waals surface area contributed by atoms with Gasteiger partial charge in [0.25, 0.3) is 0 Å². The monoisotopic (exact) mass is 344 g/mol. The number of fused-ring (bicyclic) bond motifs is 1. The number of para-hydroxylation sites is 1. The van der Waals surface area contributed by atoms with E-state index in [9.17, 15) is 4.79 Å². The quantitative estimate of drug-likeness (QED) is 0.848. The minimum absolute atomic E-state index is 0.133. The standard InChI is InChI=1S/C18H24N4OS/c1-14-11-20-21(13-14)10-8-19-12-18(23)22-9-7-15(2)24-17-6-4-3-5-16(17)22/h3-6,11,13,15,19H,7-10,12H2,1-2H3/t15-/m1/s1. The van der Waals surface area contributed by atoms with Crippen LogP contribution in [0.5, 0.6) is 0 Å². The smallest absolute Gasteiger partial charge is 0.240 e. The molecule has 1 N–H and O–H groups in total. The number of thioether (sulfide) groups is 1. The Balaban J connectivity index is 1.56. The van der Waals surface area contributed by atoms with Gasteiger partial charge < -0.3 is 10.2 Å². The Kier molecular flexibility index (Phi) is 5.58. The molecule has 2 heterocycles.